The second-order valence-corrected chi connectivity index (χ2v) is 2.24. The molecule has 0 amide bonds. The predicted octanol–water partition coefficient (Wildman–Crippen LogP) is 0.663. The lowest BCUT2D eigenvalue weighted by Gasteiger charge is -2.05. The van der Waals surface area contributed by atoms with Crippen molar-refractivity contribution in [3.8, 4) is 0 Å². The van der Waals surface area contributed by atoms with Crippen LogP contribution in [0.4, 0.5) is 11.5 Å². The van der Waals surface area contributed by atoms with Crippen LogP contribution in [0, 0.1) is 0 Å². The molecule has 4 nitrogen and oxygen atoms in total. The fraction of sp³-hybridized carbons (Fsp3) is 0.429. The Labute approximate surface area is 65.8 Å². The maximum atomic E-state index is 5.74. The molecule has 1 rings (SSSR count). The van der Waals surface area contributed by atoms with Gasteiger partial charge in [-0.1, -0.05) is 6.92 Å². The molecular formula is C7H12N4. The Morgan fingerprint density at radius 1 is 1.64 bits per heavy atom. The van der Waals surface area contributed by atoms with Gasteiger partial charge >= 0.3 is 0 Å². The van der Waals surface area contributed by atoms with Crippen LogP contribution in [0.3, 0.4) is 0 Å². The number of aromatic nitrogens is 2. The van der Waals surface area contributed by atoms with Crippen LogP contribution in [0.1, 0.15) is 12.5 Å². The van der Waals surface area contributed by atoms with Gasteiger partial charge in [0.2, 0.25) is 0 Å². The number of aryl methyl sites for hydroxylation is 1. The monoisotopic (exact) mass is 152 g/mol. The highest BCUT2D eigenvalue weighted by molar-refractivity contribution is 5.63. The van der Waals surface area contributed by atoms with E-state index < -0.39 is 0 Å². The Hall–Kier alpha value is -1.32. The van der Waals surface area contributed by atoms with E-state index in [-0.39, 0.29) is 0 Å². The summed E-state index contributed by atoms with van der Waals surface area (Å²) in [5, 5.41) is 10.5. The number of nitrogens with one attached hydrogen (secondary N) is 1. The van der Waals surface area contributed by atoms with Crippen molar-refractivity contribution in [3.05, 3.63) is 11.8 Å². The molecular weight excluding hydrogens is 140 g/mol. The maximum Gasteiger partial charge on any atom is 0.171 e. The van der Waals surface area contributed by atoms with Crippen LogP contribution >= 0.6 is 0 Å². The van der Waals surface area contributed by atoms with E-state index in [0.29, 0.717) is 11.5 Å². The minimum absolute atomic E-state index is 0.657. The fourth-order valence-corrected chi connectivity index (χ4v) is 0.898. The van der Waals surface area contributed by atoms with E-state index >= 15 is 0 Å². The van der Waals surface area contributed by atoms with Gasteiger partial charge in [0.25, 0.3) is 0 Å². The van der Waals surface area contributed by atoms with E-state index in [2.05, 4.69) is 15.5 Å². The molecule has 1 aromatic rings. The topological polar surface area (TPSA) is 63.8 Å². The summed E-state index contributed by atoms with van der Waals surface area (Å²) in [5.74, 6) is 0.657. The Morgan fingerprint density at radius 2 is 2.36 bits per heavy atom. The number of nitrogen functional groups attached to an aromatic ring is 1. The first-order valence-electron chi connectivity index (χ1n) is 3.57. The third-order valence-corrected chi connectivity index (χ3v) is 1.59. The molecule has 4 heteroatoms. The molecule has 0 aliphatic rings. The van der Waals surface area contributed by atoms with Crippen molar-refractivity contribution in [1.29, 1.82) is 0 Å². The standard InChI is InChI=1S/C7H12N4/c1-3-5-4-10-11-7(9-2)6(5)8/h4H,3H2,1-2H3,(H2,8,10)(H,9,11). The molecule has 11 heavy (non-hydrogen) atoms. The van der Waals surface area contributed by atoms with Gasteiger partial charge in [0, 0.05) is 7.05 Å². The summed E-state index contributed by atoms with van der Waals surface area (Å²) in [7, 11) is 1.78. The number of nitrogens with two attached hydrogens (primary N) is 1. The van der Waals surface area contributed by atoms with E-state index in [1.807, 2.05) is 6.92 Å². The molecule has 0 aliphatic carbocycles. The van der Waals surface area contributed by atoms with Gasteiger partial charge in [-0.05, 0) is 12.0 Å². The van der Waals surface area contributed by atoms with Crippen molar-refractivity contribution in [2.45, 2.75) is 13.3 Å². The van der Waals surface area contributed by atoms with Crippen molar-refractivity contribution in [3.63, 3.8) is 0 Å². The van der Waals surface area contributed by atoms with Gasteiger partial charge in [0.05, 0.1) is 11.9 Å². The highest BCUT2D eigenvalue weighted by Gasteiger charge is 2.02. The number of rotatable bonds is 2. The van der Waals surface area contributed by atoms with Crippen LogP contribution in [0.15, 0.2) is 6.20 Å². The van der Waals surface area contributed by atoms with E-state index in [0.717, 1.165) is 12.0 Å². The molecule has 0 saturated carbocycles. The van der Waals surface area contributed by atoms with E-state index in [1.54, 1.807) is 13.2 Å². The molecule has 60 valence electrons. The lowest BCUT2D eigenvalue weighted by molar-refractivity contribution is 0.990. The Bertz CT molecular complexity index is 224. The second-order valence-electron chi connectivity index (χ2n) is 2.24. The summed E-state index contributed by atoms with van der Waals surface area (Å²) >= 11 is 0. The molecule has 0 unspecified atom stereocenters. The van der Waals surface area contributed by atoms with Gasteiger partial charge in [-0.2, -0.15) is 5.10 Å². The summed E-state index contributed by atoms with van der Waals surface area (Å²) in [5.41, 5.74) is 7.47. The van der Waals surface area contributed by atoms with E-state index in [1.165, 1.54) is 0 Å². The second kappa shape index (κ2) is 3.18. The lowest BCUT2D eigenvalue weighted by atomic mass is 10.2. The Kier molecular flexibility index (Phi) is 2.25. The van der Waals surface area contributed by atoms with Crippen LogP contribution < -0.4 is 11.1 Å². The largest absolute Gasteiger partial charge is 0.395 e. The van der Waals surface area contributed by atoms with Gasteiger partial charge in [-0.25, -0.2) is 0 Å². The van der Waals surface area contributed by atoms with Crippen molar-refractivity contribution in [2.24, 2.45) is 0 Å². The number of hydrogen-bond donors (Lipinski definition) is 2. The smallest absolute Gasteiger partial charge is 0.171 e. The fourth-order valence-electron chi connectivity index (χ4n) is 0.898. The SMILES string of the molecule is CCc1cnnc(NC)c1N. The Balaban J connectivity index is 3.10. The molecule has 0 atom stereocenters. The number of hydrogen-bond acceptors (Lipinski definition) is 4. The molecule has 0 aromatic carbocycles. The van der Waals surface area contributed by atoms with Crippen LogP contribution in [0.2, 0.25) is 0 Å². The van der Waals surface area contributed by atoms with Gasteiger partial charge in [-0.3, -0.25) is 0 Å². The van der Waals surface area contributed by atoms with Crippen molar-refractivity contribution in [2.75, 3.05) is 18.1 Å². The molecule has 0 fully saturated rings. The average Bonchev–Trinajstić information content (AvgIpc) is 2.05. The molecule has 0 saturated heterocycles. The minimum Gasteiger partial charge on any atom is -0.395 e. The van der Waals surface area contributed by atoms with Crippen LogP contribution in [0.5, 0.6) is 0 Å². The zero-order valence-corrected chi connectivity index (χ0v) is 6.76. The van der Waals surface area contributed by atoms with Crippen LogP contribution in [0.25, 0.3) is 0 Å². The molecule has 1 aromatic heterocycles. The zero-order chi connectivity index (χ0) is 8.27. The third-order valence-electron chi connectivity index (χ3n) is 1.59. The minimum atomic E-state index is 0.657. The van der Waals surface area contributed by atoms with Crippen LogP contribution in [-0.4, -0.2) is 17.2 Å². The normalized spacial score (nSPS) is 9.64. The third kappa shape index (κ3) is 1.39. The first-order valence-corrected chi connectivity index (χ1v) is 3.57. The van der Waals surface area contributed by atoms with Crippen molar-refractivity contribution in [1.82, 2.24) is 10.2 Å². The highest BCUT2D eigenvalue weighted by Crippen LogP contribution is 2.17. The maximum absolute atomic E-state index is 5.74. The molecule has 3 N–H and O–H groups in total. The number of anilines is 2. The van der Waals surface area contributed by atoms with Crippen LogP contribution in [-0.2, 0) is 6.42 Å². The molecule has 0 aliphatic heterocycles. The summed E-state index contributed by atoms with van der Waals surface area (Å²) in [6.07, 6.45) is 2.58. The number of nitrogens with zero attached hydrogens (tertiary/aromatic N) is 2. The average molecular weight is 152 g/mol. The van der Waals surface area contributed by atoms with E-state index in [9.17, 15) is 0 Å². The molecule has 0 bridgehead atoms. The molecule has 0 radical (unpaired) electrons. The summed E-state index contributed by atoms with van der Waals surface area (Å²) in [4.78, 5) is 0. The van der Waals surface area contributed by atoms with Gasteiger partial charge in [-0.15, -0.1) is 5.10 Å². The van der Waals surface area contributed by atoms with Crippen molar-refractivity contribution >= 4 is 11.5 Å². The first kappa shape index (κ1) is 7.78. The first-order chi connectivity index (χ1) is 5.29. The van der Waals surface area contributed by atoms with Crippen molar-refractivity contribution < 1.29 is 0 Å². The lowest BCUT2D eigenvalue weighted by Crippen LogP contribution is -2.03. The molecule has 1 heterocycles. The zero-order valence-electron chi connectivity index (χ0n) is 6.76. The summed E-state index contributed by atoms with van der Waals surface area (Å²) in [6.45, 7) is 2.03. The Morgan fingerprint density at radius 3 is 2.91 bits per heavy atom. The van der Waals surface area contributed by atoms with E-state index in [4.69, 9.17) is 5.73 Å². The summed E-state index contributed by atoms with van der Waals surface area (Å²) < 4.78 is 0. The summed E-state index contributed by atoms with van der Waals surface area (Å²) in [6, 6.07) is 0. The van der Waals surface area contributed by atoms with Gasteiger partial charge < -0.3 is 11.1 Å². The highest BCUT2D eigenvalue weighted by atomic mass is 15.2. The van der Waals surface area contributed by atoms with Gasteiger partial charge in [0.15, 0.2) is 5.82 Å². The predicted molar refractivity (Wildman–Crippen MR) is 45.4 cm³/mol. The quantitative estimate of drug-likeness (QED) is 0.653. The van der Waals surface area contributed by atoms with Gasteiger partial charge in [0.1, 0.15) is 0 Å². The molecule has 0 spiro atoms.